The van der Waals surface area contributed by atoms with Crippen LogP contribution in [0.2, 0.25) is 5.02 Å². The fourth-order valence-corrected chi connectivity index (χ4v) is 4.36. The molecule has 5 rings (SSSR count). The predicted molar refractivity (Wildman–Crippen MR) is 119 cm³/mol. The Labute approximate surface area is 188 Å². The molecule has 0 fully saturated rings. The van der Waals surface area contributed by atoms with Gasteiger partial charge >= 0.3 is 0 Å². The smallest absolute Gasteiger partial charge is 0.272 e. The predicted octanol–water partition coefficient (Wildman–Crippen LogP) is 3.19. The lowest BCUT2D eigenvalue weighted by Gasteiger charge is -2.12. The van der Waals surface area contributed by atoms with Crippen LogP contribution in [0.1, 0.15) is 17.0 Å². The van der Waals surface area contributed by atoms with E-state index < -0.39 is 0 Å². The Kier molecular flexibility index (Phi) is 5.05. The lowest BCUT2D eigenvalue weighted by atomic mass is 10.2. The molecule has 0 aliphatic heterocycles. The van der Waals surface area contributed by atoms with Gasteiger partial charge in [0.25, 0.3) is 11.1 Å². The Balaban J connectivity index is 1.57. The van der Waals surface area contributed by atoms with E-state index in [1.54, 1.807) is 30.3 Å². The Morgan fingerprint density at radius 3 is 2.88 bits per heavy atom. The summed E-state index contributed by atoms with van der Waals surface area (Å²) in [6.07, 6.45) is 2.97. The van der Waals surface area contributed by atoms with Crippen molar-refractivity contribution in [3.8, 4) is 6.07 Å². The van der Waals surface area contributed by atoms with Crippen LogP contribution in [0.25, 0.3) is 16.6 Å². The third-order valence-corrected chi connectivity index (χ3v) is 6.04. The molecule has 1 aromatic carbocycles. The minimum Gasteiger partial charge on any atom is -0.467 e. The quantitative estimate of drug-likeness (QED) is 0.313. The van der Waals surface area contributed by atoms with Gasteiger partial charge in [0.1, 0.15) is 17.4 Å². The summed E-state index contributed by atoms with van der Waals surface area (Å²) < 4.78 is 8.13. The number of benzene rings is 1. The van der Waals surface area contributed by atoms with Gasteiger partial charge in [-0.2, -0.15) is 5.26 Å². The zero-order chi connectivity index (χ0) is 22.2. The van der Waals surface area contributed by atoms with E-state index in [4.69, 9.17) is 16.0 Å². The van der Waals surface area contributed by atoms with E-state index in [-0.39, 0.29) is 34.6 Å². The van der Waals surface area contributed by atoms with Gasteiger partial charge in [-0.05, 0) is 30.3 Å². The van der Waals surface area contributed by atoms with Gasteiger partial charge in [-0.1, -0.05) is 23.4 Å². The Bertz CT molecular complexity index is 1630. The minimum atomic E-state index is -0.335. The third-order valence-electron chi connectivity index (χ3n) is 4.80. The minimum absolute atomic E-state index is 0.200. The third kappa shape index (κ3) is 3.57. The molecule has 0 atom stereocenters. The van der Waals surface area contributed by atoms with Crippen LogP contribution in [0.3, 0.4) is 0 Å². The second kappa shape index (κ2) is 8.03. The summed E-state index contributed by atoms with van der Waals surface area (Å²) in [5, 5.41) is 13.3. The zero-order valence-electron chi connectivity index (χ0n) is 16.3. The Morgan fingerprint density at radius 1 is 1.22 bits per heavy atom. The number of rotatable bonds is 5. The molecule has 158 valence electrons. The number of furan rings is 1. The summed E-state index contributed by atoms with van der Waals surface area (Å²) in [6.45, 7) is 0.200. The zero-order valence-corrected chi connectivity index (χ0v) is 17.9. The summed E-state index contributed by atoms with van der Waals surface area (Å²) >= 11 is 7.35. The fraction of sp³-hybridized carbons (Fsp3) is 0.0952. The monoisotopic (exact) mass is 464 g/mol. The first-order valence-corrected chi connectivity index (χ1v) is 10.8. The van der Waals surface area contributed by atoms with Crippen molar-refractivity contribution in [3.05, 3.63) is 91.6 Å². The molecule has 32 heavy (non-hydrogen) atoms. The first-order valence-electron chi connectivity index (χ1n) is 9.39. The molecule has 0 aliphatic rings. The van der Waals surface area contributed by atoms with Gasteiger partial charge in [-0.3, -0.25) is 19.3 Å². The molecule has 11 heteroatoms. The molecule has 5 aromatic rings. The van der Waals surface area contributed by atoms with Crippen molar-refractivity contribution in [1.82, 2.24) is 24.1 Å². The summed E-state index contributed by atoms with van der Waals surface area (Å²) in [6, 6.07) is 11.8. The van der Waals surface area contributed by atoms with Gasteiger partial charge in [-0.15, -0.1) is 0 Å². The molecule has 0 bridgehead atoms. The van der Waals surface area contributed by atoms with Crippen LogP contribution in [0, 0.1) is 11.3 Å². The molecule has 1 N–H and O–H groups in total. The maximum Gasteiger partial charge on any atom is 0.272 e. The second-order valence-corrected chi connectivity index (χ2v) is 8.24. The number of aromatic nitrogens is 5. The Morgan fingerprint density at radius 2 is 2.09 bits per heavy atom. The molecule has 0 saturated heterocycles. The van der Waals surface area contributed by atoms with E-state index in [0.717, 1.165) is 0 Å². The van der Waals surface area contributed by atoms with E-state index >= 15 is 0 Å². The molecule has 4 aromatic heterocycles. The van der Waals surface area contributed by atoms with Crippen molar-refractivity contribution < 1.29 is 4.42 Å². The van der Waals surface area contributed by atoms with Gasteiger partial charge in [0.15, 0.2) is 10.8 Å². The van der Waals surface area contributed by atoms with Crippen LogP contribution < -0.4 is 11.1 Å². The molecule has 0 spiro atoms. The fourth-order valence-electron chi connectivity index (χ4n) is 3.31. The average molecular weight is 465 g/mol. The number of hydrogen-bond acceptors (Lipinski definition) is 7. The lowest BCUT2D eigenvalue weighted by Crippen LogP contribution is -2.24. The topological polar surface area (TPSA) is 122 Å². The molecule has 4 heterocycles. The van der Waals surface area contributed by atoms with Crippen molar-refractivity contribution in [3.63, 3.8) is 0 Å². The number of H-pyrrole nitrogens is 1. The number of nitriles is 1. The van der Waals surface area contributed by atoms with Gasteiger partial charge < -0.3 is 4.42 Å². The van der Waals surface area contributed by atoms with Crippen molar-refractivity contribution in [2.24, 2.45) is 0 Å². The van der Waals surface area contributed by atoms with Crippen LogP contribution in [0.5, 0.6) is 0 Å². The van der Waals surface area contributed by atoms with Gasteiger partial charge in [0, 0.05) is 23.0 Å². The van der Waals surface area contributed by atoms with Gasteiger partial charge in [0.05, 0.1) is 29.4 Å². The highest BCUT2D eigenvalue weighted by Crippen LogP contribution is 2.24. The molecule has 0 aliphatic carbocycles. The van der Waals surface area contributed by atoms with Crippen molar-refractivity contribution in [2.45, 2.75) is 17.5 Å². The van der Waals surface area contributed by atoms with E-state index in [9.17, 15) is 14.9 Å². The lowest BCUT2D eigenvalue weighted by molar-refractivity contribution is 0.476. The first-order chi connectivity index (χ1) is 15.5. The maximum atomic E-state index is 13.2. The number of halogens is 1. The number of hydrogen-bond donors (Lipinski definition) is 1. The molecule has 0 amide bonds. The number of thioether (sulfide) groups is 1. The van der Waals surface area contributed by atoms with Crippen LogP contribution in [0.4, 0.5) is 0 Å². The molecule has 0 unspecified atom stereocenters. The van der Waals surface area contributed by atoms with Crippen LogP contribution >= 0.6 is 23.4 Å². The average Bonchev–Trinajstić information content (AvgIpc) is 3.44. The summed E-state index contributed by atoms with van der Waals surface area (Å²) in [5.74, 6) is 0.867. The van der Waals surface area contributed by atoms with E-state index in [0.29, 0.717) is 32.5 Å². The molecule has 0 saturated carbocycles. The van der Waals surface area contributed by atoms with Crippen LogP contribution in [-0.4, -0.2) is 24.1 Å². The highest BCUT2D eigenvalue weighted by atomic mass is 35.5. The van der Waals surface area contributed by atoms with Crippen molar-refractivity contribution in [1.29, 1.82) is 5.26 Å². The standard InChI is InChI=1S/C21H13ClN6O3S/c22-13-3-4-16-17(6-13)26-21(27(20(16)30)10-15-2-1-5-31-15)32-11-14-7-18(29)28-19(25-14)12(8-23)9-24-28/h1-7,9,24H,10-11H2. The number of nitrogens with one attached hydrogen (secondary N) is 1. The van der Waals surface area contributed by atoms with E-state index in [1.807, 2.05) is 6.07 Å². The van der Waals surface area contributed by atoms with Crippen LogP contribution in [0.15, 0.2) is 68.0 Å². The van der Waals surface area contributed by atoms with Crippen molar-refractivity contribution in [2.75, 3.05) is 0 Å². The number of nitrogens with zero attached hydrogens (tertiary/aromatic N) is 5. The van der Waals surface area contributed by atoms with E-state index in [2.05, 4.69) is 15.1 Å². The SMILES string of the molecule is N#Cc1c[nH]n2c(=O)cc(CSc3nc4cc(Cl)ccc4c(=O)n3Cc3ccco3)nc12. The summed E-state index contributed by atoms with van der Waals surface area (Å²) in [4.78, 5) is 34.6. The van der Waals surface area contributed by atoms with Crippen molar-refractivity contribution >= 4 is 39.9 Å². The van der Waals surface area contributed by atoms with Gasteiger partial charge in [-0.25, -0.2) is 14.5 Å². The second-order valence-electron chi connectivity index (χ2n) is 6.86. The number of fused-ring (bicyclic) bond motifs is 2. The Hall–Kier alpha value is -3.81. The summed E-state index contributed by atoms with van der Waals surface area (Å²) in [5.41, 5.74) is 0.886. The normalized spacial score (nSPS) is 11.2. The molecular weight excluding hydrogens is 452 g/mol. The van der Waals surface area contributed by atoms with E-state index in [1.165, 1.54) is 39.4 Å². The molecular formula is C21H13ClN6O3S. The molecule has 9 nitrogen and oxygen atoms in total. The highest BCUT2D eigenvalue weighted by Gasteiger charge is 2.15. The molecule has 0 radical (unpaired) electrons. The maximum absolute atomic E-state index is 13.2. The van der Waals surface area contributed by atoms with Gasteiger partial charge in [0.2, 0.25) is 0 Å². The van der Waals surface area contributed by atoms with Crippen LogP contribution in [-0.2, 0) is 12.3 Å². The first kappa shape index (κ1) is 20.1. The summed E-state index contributed by atoms with van der Waals surface area (Å²) in [7, 11) is 0. The highest BCUT2D eigenvalue weighted by molar-refractivity contribution is 7.98. The largest absolute Gasteiger partial charge is 0.467 e. The number of aromatic amines is 1.